The van der Waals surface area contributed by atoms with Crippen LogP contribution in [0.15, 0.2) is 24.3 Å². The van der Waals surface area contributed by atoms with E-state index in [1.807, 2.05) is 13.8 Å². The zero-order chi connectivity index (χ0) is 28.6. The first-order valence-electron chi connectivity index (χ1n) is 12.5. The second kappa shape index (κ2) is 13.1. The van der Waals surface area contributed by atoms with Crippen molar-refractivity contribution in [3.8, 4) is 12.3 Å². The summed E-state index contributed by atoms with van der Waals surface area (Å²) in [6.07, 6.45) is 5.98. The van der Waals surface area contributed by atoms with Gasteiger partial charge < -0.3 is 26.0 Å². The highest BCUT2D eigenvalue weighted by Gasteiger charge is 2.43. The van der Waals surface area contributed by atoms with E-state index in [4.69, 9.17) is 16.9 Å². The van der Waals surface area contributed by atoms with E-state index in [0.717, 1.165) is 12.8 Å². The summed E-state index contributed by atoms with van der Waals surface area (Å²) in [7, 11) is 0. The third kappa shape index (κ3) is 9.79. The average Bonchev–Trinajstić information content (AvgIpc) is 2.74. The summed E-state index contributed by atoms with van der Waals surface area (Å²) in [6, 6.07) is 4.20. The number of benzene rings is 1. The number of terminal acetylenes is 1. The topological polar surface area (TPSA) is 131 Å². The smallest absolute Gasteiger partial charge is 0.408 e. The lowest BCUT2D eigenvalue weighted by Gasteiger charge is -2.43. The molecule has 0 aliphatic heterocycles. The van der Waals surface area contributed by atoms with Crippen molar-refractivity contribution in [3.63, 3.8) is 0 Å². The van der Waals surface area contributed by atoms with E-state index in [1.54, 1.807) is 65.8 Å². The van der Waals surface area contributed by atoms with Crippen LogP contribution in [0.4, 0.5) is 4.79 Å². The lowest BCUT2D eigenvalue weighted by atomic mass is 9.92. The van der Waals surface area contributed by atoms with Crippen molar-refractivity contribution in [3.05, 3.63) is 35.4 Å². The summed E-state index contributed by atoms with van der Waals surface area (Å²) in [4.78, 5) is 53.6. The molecule has 0 aliphatic carbocycles. The number of alkyl carbamates (subject to hydrolysis) is 1. The summed E-state index contributed by atoms with van der Waals surface area (Å²) in [6.45, 7) is 14.2. The van der Waals surface area contributed by atoms with E-state index in [0.29, 0.717) is 11.1 Å². The highest BCUT2D eigenvalue weighted by atomic mass is 16.6. The van der Waals surface area contributed by atoms with Gasteiger partial charge in [0.1, 0.15) is 17.7 Å². The van der Waals surface area contributed by atoms with Crippen LogP contribution in [0.1, 0.15) is 91.8 Å². The third-order valence-corrected chi connectivity index (χ3v) is 5.38. The van der Waals surface area contributed by atoms with Crippen molar-refractivity contribution >= 4 is 23.8 Å². The predicted molar refractivity (Wildman–Crippen MR) is 143 cm³/mol. The van der Waals surface area contributed by atoms with Gasteiger partial charge in [-0.3, -0.25) is 14.4 Å². The number of hydrogen-bond acceptors (Lipinski definition) is 5. The highest BCUT2D eigenvalue weighted by molar-refractivity contribution is 5.95. The standard InChI is InChI=1S/C28H42N4O5/c1-10-14-18(3)30-24(34)23(20-16-13-12-15-19(20)11-2)32(27(4,5)6)25(35)21(17-22(29)33)31-26(36)37-28(7,8)9/h2,12-13,15-16,18,21,23H,10,14,17H2,1,3-9H3,(H2,29,33)(H,30,34)(H,31,36). The van der Waals surface area contributed by atoms with Gasteiger partial charge in [-0.15, -0.1) is 6.42 Å². The lowest BCUT2D eigenvalue weighted by Crippen LogP contribution is -2.59. The monoisotopic (exact) mass is 514 g/mol. The number of ether oxygens (including phenoxy) is 1. The second-order valence-corrected chi connectivity index (χ2v) is 11.1. The number of nitrogens with zero attached hydrogens (tertiary/aromatic N) is 1. The molecule has 4 amide bonds. The van der Waals surface area contributed by atoms with E-state index < -0.39 is 53.5 Å². The summed E-state index contributed by atoms with van der Waals surface area (Å²) < 4.78 is 5.30. The molecule has 0 saturated heterocycles. The highest BCUT2D eigenvalue weighted by Crippen LogP contribution is 2.32. The lowest BCUT2D eigenvalue weighted by molar-refractivity contribution is -0.149. The van der Waals surface area contributed by atoms with Gasteiger partial charge >= 0.3 is 6.09 Å². The largest absolute Gasteiger partial charge is 0.444 e. The fourth-order valence-electron chi connectivity index (χ4n) is 3.96. The maximum absolute atomic E-state index is 14.1. The number of primary amides is 1. The van der Waals surface area contributed by atoms with E-state index in [-0.39, 0.29) is 6.04 Å². The zero-order valence-electron chi connectivity index (χ0n) is 23.3. The summed E-state index contributed by atoms with van der Waals surface area (Å²) >= 11 is 0. The van der Waals surface area contributed by atoms with E-state index in [9.17, 15) is 19.2 Å². The first-order chi connectivity index (χ1) is 17.0. The number of carbonyl (C=O) groups is 4. The Kier molecular flexibility index (Phi) is 11.2. The molecule has 1 aromatic rings. The van der Waals surface area contributed by atoms with E-state index in [1.165, 1.54) is 4.90 Å². The van der Waals surface area contributed by atoms with Crippen LogP contribution in [0.3, 0.4) is 0 Å². The number of hydrogen-bond donors (Lipinski definition) is 3. The Bertz CT molecular complexity index is 1020. The SMILES string of the molecule is C#Cc1ccccc1C(C(=O)NC(C)CCC)N(C(=O)C(CC(N)=O)NC(=O)OC(C)(C)C)C(C)(C)C. The fourth-order valence-corrected chi connectivity index (χ4v) is 3.96. The van der Waals surface area contributed by atoms with Gasteiger partial charge in [-0.25, -0.2) is 4.79 Å². The Morgan fingerprint density at radius 2 is 1.68 bits per heavy atom. The van der Waals surface area contributed by atoms with Gasteiger partial charge in [0.05, 0.1) is 6.42 Å². The first-order valence-corrected chi connectivity index (χ1v) is 12.5. The van der Waals surface area contributed by atoms with Gasteiger partial charge in [-0.1, -0.05) is 37.5 Å². The fraction of sp³-hybridized carbons (Fsp3) is 0.571. The average molecular weight is 515 g/mol. The van der Waals surface area contributed by atoms with Crippen LogP contribution in [0.25, 0.3) is 0 Å². The Hall–Kier alpha value is -3.54. The van der Waals surface area contributed by atoms with Crippen LogP contribution >= 0.6 is 0 Å². The number of nitrogens with one attached hydrogen (secondary N) is 2. The van der Waals surface area contributed by atoms with Crippen molar-refractivity contribution in [2.75, 3.05) is 0 Å². The quantitative estimate of drug-likeness (QED) is 0.412. The van der Waals surface area contributed by atoms with E-state index >= 15 is 0 Å². The molecule has 3 unspecified atom stereocenters. The second-order valence-electron chi connectivity index (χ2n) is 11.1. The minimum Gasteiger partial charge on any atom is -0.444 e. The molecule has 0 aliphatic rings. The Balaban J connectivity index is 3.68. The molecule has 0 bridgehead atoms. The molecule has 1 rings (SSSR count). The molecule has 9 heteroatoms. The molecule has 1 aromatic carbocycles. The minimum atomic E-state index is -1.37. The van der Waals surface area contributed by atoms with Crippen LogP contribution in [0.2, 0.25) is 0 Å². The molecule has 0 heterocycles. The number of rotatable bonds is 10. The van der Waals surface area contributed by atoms with Crippen LogP contribution in [-0.4, -0.2) is 51.9 Å². The van der Waals surface area contributed by atoms with Crippen LogP contribution in [0.5, 0.6) is 0 Å². The molecule has 0 aromatic heterocycles. The Morgan fingerprint density at radius 1 is 1.08 bits per heavy atom. The van der Waals surface area contributed by atoms with Gasteiger partial charge in [0.2, 0.25) is 17.7 Å². The van der Waals surface area contributed by atoms with Gasteiger partial charge in [0.25, 0.3) is 0 Å². The molecule has 204 valence electrons. The Morgan fingerprint density at radius 3 is 2.16 bits per heavy atom. The molecule has 0 saturated carbocycles. The molecule has 3 atom stereocenters. The van der Waals surface area contributed by atoms with Gasteiger partial charge in [-0.2, -0.15) is 0 Å². The molecule has 0 spiro atoms. The van der Waals surface area contributed by atoms with Crippen LogP contribution in [-0.2, 0) is 19.1 Å². The maximum Gasteiger partial charge on any atom is 0.408 e. The number of nitrogens with two attached hydrogens (primary N) is 1. The van der Waals surface area contributed by atoms with Crippen molar-refractivity contribution in [1.29, 1.82) is 0 Å². The van der Waals surface area contributed by atoms with Gasteiger partial charge in [0.15, 0.2) is 0 Å². The summed E-state index contributed by atoms with van der Waals surface area (Å²) in [5.41, 5.74) is 4.55. The van der Waals surface area contributed by atoms with Crippen molar-refractivity contribution < 1.29 is 23.9 Å². The minimum absolute atomic E-state index is 0.156. The molecular formula is C28H42N4O5. The molecule has 37 heavy (non-hydrogen) atoms. The number of amides is 4. The maximum atomic E-state index is 14.1. The van der Waals surface area contributed by atoms with E-state index in [2.05, 4.69) is 16.6 Å². The first kappa shape index (κ1) is 31.5. The predicted octanol–water partition coefficient (Wildman–Crippen LogP) is 3.41. The molecular weight excluding hydrogens is 472 g/mol. The molecule has 9 nitrogen and oxygen atoms in total. The summed E-state index contributed by atoms with van der Waals surface area (Å²) in [5.74, 6) is 0.689. The zero-order valence-corrected chi connectivity index (χ0v) is 23.3. The van der Waals surface area contributed by atoms with Crippen molar-refractivity contribution in [2.45, 2.75) is 104 Å². The Labute approximate surface area is 220 Å². The van der Waals surface area contributed by atoms with Crippen molar-refractivity contribution in [2.24, 2.45) is 5.73 Å². The normalized spacial score (nSPS) is 13.9. The summed E-state index contributed by atoms with van der Waals surface area (Å²) in [5, 5.41) is 5.45. The van der Waals surface area contributed by atoms with Gasteiger partial charge in [-0.05, 0) is 66.5 Å². The van der Waals surface area contributed by atoms with Crippen molar-refractivity contribution in [1.82, 2.24) is 15.5 Å². The van der Waals surface area contributed by atoms with Crippen LogP contribution < -0.4 is 16.4 Å². The molecule has 0 radical (unpaired) electrons. The number of carbonyl (C=O) groups excluding carboxylic acids is 4. The third-order valence-electron chi connectivity index (χ3n) is 5.38. The van der Waals surface area contributed by atoms with Gasteiger partial charge in [0, 0.05) is 17.1 Å². The molecule has 0 fully saturated rings. The van der Waals surface area contributed by atoms with Crippen LogP contribution in [0, 0.1) is 12.3 Å². The molecule has 4 N–H and O–H groups in total.